The minimum atomic E-state index is -0.578. The summed E-state index contributed by atoms with van der Waals surface area (Å²) in [6.07, 6.45) is 7.87. The third-order valence-corrected chi connectivity index (χ3v) is 8.22. The van der Waals surface area contributed by atoms with Crippen LogP contribution < -0.4 is 0 Å². The van der Waals surface area contributed by atoms with Gasteiger partial charge in [0.1, 0.15) is 11.2 Å². The monoisotopic (exact) mass is 554 g/mol. The molecule has 5 heterocycles. The number of carbonyl (C=O) groups excluding carboxylic acids is 2. The number of hydrogen-bond donors (Lipinski definition) is 1. The van der Waals surface area contributed by atoms with Gasteiger partial charge >= 0.3 is 6.09 Å². The molecule has 0 saturated carbocycles. The third-order valence-electron chi connectivity index (χ3n) is 8.22. The molecule has 2 aliphatic rings. The van der Waals surface area contributed by atoms with Gasteiger partial charge in [-0.05, 0) is 93.8 Å². The molecule has 41 heavy (non-hydrogen) atoms. The minimum Gasteiger partial charge on any atom is -0.444 e. The summed E-state index contributed by atoms with van der Waals surface area (Å²) in [5.74, 6) is -0.00992. The molecular formula is C32H38N6O3. The number of fused-ring (bicyclic) bond motifs is 2. The lowest BCUT2D eigenvalue weighted by molar-refractivity contribution is 0.0222. The molecule has 1 fully saturated rings. The molecular weight excluding hydrogens is 516 g/mol. The van der Waals surface area contributed by atoms with Gasteiger partial charge in [-0.1, -0.05) is 6.07 Å². The molecule has 1 N–H and O–H groups in total. The fourth-order valence-corrected chi connectivity index (χ4v) is 6.24. The number of ether oxygens (including phenoxy) is 1. The highest BCUT2D eigenvalue weighted by Crippen LogP contribution is 2.40. The molecule has 0 radical (unpaired) electrons. The molecule has 9 heteroatoms. The van der Waals surface area contributed by atoms with E-state index in [0.29, 0.717) is 25.2 Å². The zero-order chi connectivity index (χ0) is 29.1. The van der Waals surface area contributed by atoms with E-state index in [1.807, 2.05) is 56.9 Å². The quantitative estimate of drug-likeness (QED) is 0.343. The van der Waals surface area contributed by atoms with E-state index in [2.05, 4.69) is 40.2 Å². The van der Waals surface area contributed by atoms with E-state index < -0.39 is 5.60 Å². The molecule has 1 aromatic carbocycles. The topological polar surface area (TPSA) is 96.4 Å². The van der Waals surface area contributed by atoms with Crippen molar-refractivity contribution >= 4 is 23.0 Å². The Labute approximate surface area is 240 Å². The van der Waals surface area contributed by atoms with Crippen LogP contribution in [-0.2, 0) is 24.8 Å². The fraction of sp³-hybridized carbons (Fsp3) is 0.438. The molecule has 0 aliphatic carbocycles. The molecule has 0 bridgehead atoms. The van der Waals surface area contributed by atoms with Crippen LogP contribution in [0.3, 0.4) is 0 Å². The molecule has 1 saturated heterocycles. The van der Waals surface area contributed by atoms with E-state index in [0.717, 1.165) is 63.8 Å². The van der Waals surface area contributed by atoms with Gasteiger partial charge in [-0.15, -0.1) is 0 Å². The second-order valence-electron chi connectivity index (χ2n) is 12.4. The first-order valence-electron chi connectivity index (χ1n) is 14.4. The summed E-state index contributed by atoms with van der Waals surface area (Å²) >= 11 is 0. The zero-order valence-corrected chi connectivity index (χ0v) is 24.7. The second-order valence-corrected chi connectivity index (χ2v) is 12.4. The number of aryl methyl sites for hydroxylation is 3. The number of hydrogen-bond acceptors (Lipinski definition) is 5. The summed E-state index contributed by atoms with van der Waals surface area (Å²) in [4.78, 5) is 38.6. The standard InChI is InChI=1S/C32H38N6O3/c1-19-15-33-29-24(19)14-23(16-34-29)22-12-21-9-11-37(30(39)26-17-36(6)35-20(26)2)18-27(21)25(13-22)28-8-7-10-38(28)31(40)41-32(3,4)5/h12-17,28H,7-11,18H2,1-6H3,(H,33,34)/t28-/m0/s1. The van der Waals surface area contributed by atoms with Crippen LogP contribution in [-0.4, -0.2) is 60.2 Å². The molecule has 1 atom stereocenters. The smallest absolute Gasteiger partial charge is 0.410 e. The highest BCUT2D eigenvalue weighted by Gasteiger charge is 2.36. The van der Waals surface area contributed by atoms with Gasteiger partial charge < -0.3 is 19.5 Å². The van der Waals surface area contributed by atoms with Crippen molar-refractivity contribution in [1.29, 1.82) is 0 Å². The van der Waals surface area contributed by atoms with Crippen molar-refractivity contribution in [2.45, 2.75) is 72.1 Å². The lowest BCUT2D eigenvalue weighted by Gasteiger charge is -2.35. The number of amides is 2. The van der Waals surface area contributed by atoms with Crippen LogP contribution >= 0.6 is 0 Å². The maximum atomic E-state index is 13.6. The summed E-state index contributed by atoms with van der Waals surface area (Å²) in [5, 5.41) is 5.48. The van der Waals surface area contributed by atoms with Gasteiger partial charge in [0.05, 0.1) is 17.3 Å². The molecule has 2 amide bonds. The Kier molecular flexibility index (Phi) is 6.63. The Balaban J connectivity index is 1.43. The summed E-state index contributed by atoms with van der Waals surface area (Å²) < 4.78 is 7.50. The van der Waals surface area contributed by atoms with Gasteiger partial charge in [0.25, 0.3) is 5.91 Å². The van der Waals surface area contributed by atoms with Gasteiger partial charge in [-0.25, -0.2) is 9.78 Å². The number of benzene rings is 1. The van der Waals surface area contributed by atoms with Crippen molar-refractivity contribution in [2.75, 3.05) is 13.1 Å². The number of nitrogens with one attached hydrogen (secondary N) is 1. The van der Waals surface area contributed by atoms with E-state index in [9.17, 15) is 9.59 Å². The summed E-state index contributed by atoms with van der Waals surface area (Å²) in [6, 6.07) is 6.51. The van der Waals surface area contributed by atoms with Crippen molar-refractivity contribution in [2.24, 2.45) is 7.05 Å². The number of carbonyl (C=O) groups is 2. The first-order chi connectivity index (χ1) is 19.5. The van der Waals surface area contributed by atoms with Gasteiger partial charge in [0.2, 0.25) is 0 Å². The maximum Gasteiger partial charge on any atom is 0.410 e. The Morgan fingerprint density at radius 2 is 1.90 bits per heavy atom. The van der Waals surface area contributed by atoms with E-state index in [1.54, 1.807) is 10.9 Å². The molecule has 3 aromatic heterocycles. The average Bonchev–Trinajstić information content (AvgIpc) is 3.64. The fourth-order valence-electron chi connectivity index (χ4n) is 6.24. The van der Waals surface area contributed by atoms with Crippen LogP contribution in [0.2, 0.25) is 0 Å². The third kappa shape index (κ3) is 5.09. The lowest BCUT2D eigenvalue weighted by atomic mass is 9.86. The number of likely N-dealkylation sites (tertiary alicyclic amines) is 1. The number of nitrogens with zero attached hydrogens (tertiary/aromatic N) is 5. The van der Waals surface area contributed by atoms with Crippen LogP contribution in [0.15, 0.2) is 36.8 Å². The van der Waals surface area contributed by atoms with Crippen LogP contribution in [0.5, 0.6) is 0 Å². The van der Waals surface area contributed by atoms with Gasteiger partial charge in [0, 0.05) is 56.2 Å². The Bertz CT molecular complexity index is 1660. The van der Waals surface area contributed by atoms with Crippen molar-refractivity contribution < 1.29 is 14.3 Å². The summed E-state index contributed by atoms with van der Waals surface area (Å²) in [7, 11) is 1.83. The van der Waals surface area contributed by atoms with Crippen LogP contribution in [0.25, 0.3) is 22.2 Å². The number of H-pyrrole nitrogens is 1. The molecule has 2 aliphatic heterocycles. The van der Waals surface area contributed by atoms with Gasteiger partial charge in [0.15, 0.2) is 0 Å². The summed E-state index contributed by atoms with van der Waals surface area (Å²) in [5.41, 5.74) is 8.35. The number of rotatable bonds is 3. The van der Waals surface area contributed by atoms with E-state index in [1.165, 1.54) is 5.56 Å². The van der Waals surface area contributed by atoms with Crippen molar-refractivity contribution in [3.63, 3.8) is 0 Å². The molecule has 9 nitrogen and oxygen atoms in total. The Morgan fingerprint density at radius 3 is 2.63 bits per heavy atom. The second kappa shape index (κ2) is 10.0. The Hall–Kier alpha value is -4.14. The molecule has 0 spiro atoms. The van der Waals surface area contributed by atoms with E-state index >= 15 is 0 Å². The largest absolute Gasteiger partial charge is 0.444 e. The maximum absolute atomic E-state index is 13.6. The normalized spacial score (nSPS) is 17.3. The number of aromatic amines is 1. The lowest BCUT2D eigenvalue weighted by Crippen LogP contribution is -2.39. The predicted molar refractivity (Wildman–Crippen MR) is 158 cm³/mol. The molecule has 214 valence electrons. The summed E-state index contributed by atoms with van der Waals surface area (Å²) in [6.45, 7) is 11.4. The molecule has 6 rings (SSSR count). The number of pyridine rings is 1. The van der Waals surface area contributed by atoms with E-state index in [4.69, 9.17) is 4.74 Å². The molecule has 4 aromatic rings. The first kappa shape index (κ1) is 27.1. The highest BCUT2D eigenvalue weighted by atomic mass is 16.6. The van der Waals surface area contributed by atoms with Crippen LogP contribution in [0, 0.1) is 13.8 Å². The molecule has 0 unspecified atom stereocenters. The minimum absolute atomic E-state index is 0.00992. The van der Waals surface area contributed by atoms with Crippen LogP contribution in [0.1, 0.15) is 78.0 Å². The Morgan fingerprint density at radius 1 is 1.10 bits per heavy atom. The van der Waals surface area contributed by atoms with Gasteiger partial charge in [-0.3, -0.25) is 9.48 Å². The van der Waals surface area contributed by atoms with Crippen LogP contribution in [0.4, 0.5) is 4.79 Å². The zero-order valence-electron chi connectivity index (χ0n) is 24.7. The van der Waals surface area contributed by atoms with Crippen molar-refractivity contribution in [3.05, 3.63) is 70.3 Å². The van der Waals surface area contributed by atoms with Crippen molar-refractivity contribution in [3.8, 4) is 11.1 Å². The number of aromatic nitrogens is 4. The van der Waals surface area contributed by atoms with Gasteiger partial charge in [-0.2, -0.15) is 5.10 Å². The average molecular weight is 555 g/mol. The predicted octanol–water partition coefficient (Wildman–Crippen LogP) is 5.85. The highest BCUT2D eigenvalue weighted by molar-refractivity contribution is 5.95. The van der Waals surface area contributed by atoms with E-state index in [-0.39, 0.29) is 18.0 Å². The SMILES string of the molecule is Cc1nn(C)cc1C(=O)N1CCc2cc(-c3cnc4[nH]cc(C)c4c3)cc([C@@H]3CCCN3C(=O)OC(C)(C)C)c2C1. The van der Waals surface area contributed by atoms with Crippen molar-refractivity contribution in [1.82, 2.24) is 29.5 Å². The first-order valence-corrected chi connectivity index (χ1v) is 14.4.